The van der Waals surface area contributed by atoms with Crippen molar-refractivity contribution in [1.29, 1.82) is 0 Å². The second-order valence-electron chi connectivity index (χ2n) is 8.35. The first-order valence-electron chi connectivity index (χ1n) is 9.98. The third-order valence-electron chi connectivity index (χ3n) is 5.34. The van der Waals surface area contributed by atoms with Crippen molar-refractivity contribution >= 4 is 18.7 Å². The molecule has 0 heterocycles. The van der Waals surface area contributed by atoms with E-state index in [9.17, 15) is 9.50 Å². The van der Waals surface area contributed by atoms with Gasteiger partial charge in [0, 0.05) is 0 Å². The molecule has 0 aromatic heterocycles. The third kappa shape index (κ3) is 4.50. The Kier molecular flexibility index (Phi) is 6.68. The summed E-state index contributed by atoms with van der Waals surface area (Å²) in [5, 5.41) is 12.6. The lowest BCUT2D eigenvalue weighted by atomic mass is 10.1. The van der Waals surface area contributed by atoms with Gasteiger partial charge in [-0.1, -0.05) is 112 Å². The quantitative estimate of drug-likeness (QED) is 0.578. The molecule has 0 saturated heterocycles. The first kappa shape index (κ1) is 21.4. The van der Waals surface area contributed by atoms with Gasteiger partial charge in [-0.05, 0) is 21.0 Å². The molecule has 3 aromatic carbocycles. The first-order chi connectivity index (χ1) is 13.9. The molecule has 0 spiro atoms. The predicted octanol–water partition coefficient (Wildman–Crippen LogP) is 4.63. The Hall–Kier alpha value is -2.27. The number of benzene rings is 3. The molecule has 0 fully saturated rings. The van der Waals surface area contributed by atoms with Gasteiger partial charge in [-0.2, -0.15) is 0 Å². The Balaban J connectivity index is 1.98. The van der Waals surface area contributed by atoms with E-state index in [2.05, 4.69) is 45.0 Å². The first-order valence-corrected chi connectivity index (χ1v) is 11.9. The molecule has 0 bridgehead atoms. The minimum atomic E-state index is -2.79. The van der Waals surface area contributed by atoms with E-state index in [4.69, 9.17) is 4.43 Å². The van der Waals surface area contributed by atoms with E-state index in [1.54, 1.807) is 24.3 Å². The summed E-state index contributed by atoms with van der Waals surface area (Å²) in [6.45, 7) is 6.42. The number of rotatable bonds is 7. The lowest BCUT2D eigenvalue weighted by Crippen LogP contribution is -2.67. The van der Waals surface area contributed by atoms with Gasteiger partial charge in [-0.3, -0.25) is 0 Å². The normalized spacial score (nSPS) is 14.4. The second-order valence-corrected chi connectivity index (χ2v) is 12.7. The molecule has 0 radical (unpaired) electrons. The number of halogens is 1. The van der Waals surface area contributed by atoms with Crippen molar-refractivity contribution in [2.75, 3.05) is 6.61 Å². The van der Waals surface area contributed by atoms with Crippen LogP contribution in [0, 0.1) is 0 Å². The fourth-order valence-corrected chi connectivity index (χ4v) is 8.49. The van der Waals surface area contributed by atoms with Crippen LogP contribution in [0.4, 0.5) is 4.39 Å². The molecular weight excluding hydrogens is 379 g/mol. The lowest BCUT2D eigenvalue weighted by molar-refractivity contribution is 0.0332. The summed E-state index contributed by atoms with van der Waals surface area (Å²) in [5.41, 5.74) is 0.464. The van der Waals surface area contributed by atoms with Crippen molar-refractivity contribution in [2.24, 2.45) is 0 Å². The molecule has 0 saturated carbocycles. The maximum atomic E-state index is 14.9. The van der Waals surface area contributed by atoms with Gasteiger partial charge in [-0.15, -0.1) is 0 Å². The van der Waals surface area contributed by atoms with Gasteiger partial charge in [0.2, 0.25) is 0 Å². The van der Waals surface area contributed by atoms with Crippen molar-refractivity contribution in [1.82, 2.24) is 0 Å². The Labute approximate surface area is 174 Å². The minimum Gasteiger partial charge on any atom is -0.405 e. The molecule has 0 aliphatic heterocycles. The summed E-state index contributed by atoms with van der Waals surface area (Å²) in [4.78, 5) is 0. The Morgan fingerprint density at radius 2 is 1.21 bits per heavy atom. The lowest BCUT2D eigenvalue weighted by Gasteiger charge is -2.43. The minimum absolute atomic E-state index is 0.0661. The molecule has 2 nitrogen and oxygen atoms in total. The van der Waals surface area contributed by atoms with Crippen molar-refractivity contribution in [3.05, 3.63) is 96.6 Å². The van der Waals surface area contributed by atoms with E-state index in [0.717, 1.165) is 10.4 Å². The molecule has 0 aliphatic rings. The zero-order valence-corrected chi connectivity index (χ0v) is 18.3. The maximum absolute atomic E-state index is 14.9. The maximum Gasteiger partial charge on any atom is 0.261 e. The smallest absolute Gasteiger partial charge is 0.261 e. The molecule has 1 N–H and O–H groups in total. The molecule has 152 valence electrons. The number of hydrogen-bond donors (Lipinski definition) is 1. The predicted molar refractivity (Wildman–Crippen MR) is 120 cm³/mol. The zero-order chi connectivity index (χ0) is 20.9. The Morgan fingerprint density at radius 1 is 0.793 bits per heavy atom. The van der Waals surface area contributed by atoms with Crippen LogP contribution in [0.2, 0.25) is 5.04 Å². The van der Waals surface area contributed by atoms with Gasteiger partial charge < -0.3 is 9.53 Å². The van der Waals surface area contributed by atoms with E-state index >= 15 is 0 Å². The molecule has 3 rings (SSSR count). The molecule has 2 atom stereocenters. The van der Waals surface area contributed by atoms with Gasteiger partial charge in [0.15, 0.2) is 6.17 Å². The topological polar surface area (TPSA) is 29.5 Å². The van der Waals surface area contributed by atoms with Gasteiger partial charge >= 0.3 is 0 Å². The van der Waals surface area contributed by atoms with Crippen LogP contribution >= 0.6 is 0 Å². The highest BCUT2D eigenvalue weighted by atomic mass is 28.4. The monoisotopic (exact) mass is 408 g/mol. The molecule has 29 heavy (non-hydrogen) atoms. The van der Waals surface area contributed by atoms with E-state index in [-0.39, 0.29) is 11.6 Å². The Morgan fingerprint density at radius 3 is 1.62 bits per heavy atom. The fourth-order valence-electron chi connectivity index (χ4n) is 3.92. The number of hydrogen-bond acceptors (Lipinski definition) is 2. The van der Waals surface area contributed by atoms with Crippen molar-refractivity contribution in [2.45, 2.75) is 38.1 Å². The van der Waals surface area contributed by atoms with Gasteiger partial charge in [0.05, 0.1) is 6.61 Å². The van der Waals surface area contributed by atoms with Gasteiger partial charge in [0.25, 0.3) is 8.32 Å². The number of alkyl halides is 1. The summed E-state index contributed by atoms with van der Waals surface area (Å²) in [6, 6.07) is 29.1. The standard InChI is InChI=1S/C25H29FO2Si/c1-25(2,3)29(21-15-9-5-10-16-21,22-17-11-6-12-18-22)28-19-23(27)24(26)20-13-7-4-8-14-20/h4-18,23-24,27H,19H2,1-3H3/t23-,24+/m0/s1. The summed E-state index contributed by atoms with van der Waals surface area (Å²) in [5.74, 6) is 0. The third-order valence-corrected chi connectivity index (χ3v) is 10.3. The van der Waals surface area contributed by atoms with Crippen molar-refractivity contribution < 1.29 is 13.9 Å². The average molecular weight is 409 g/mol. The van der Waals surface area contributed by atoms with Crippen LogP contribution in [0.3, 0.4) is 0 Å². The molecule has 0 unspecified atom stereocenters. The summed E-state index contributed by atoms with van der Waals surface area (Å²) in [7, 11) is -2.79. The number of aliphatic hydroxyl groups is 1. The van der Waals surface area contributed by atoms with E-state index in [0.29, 0.717) is 5.56 Å². The zero-order valence-electron chi connectivity index (χ0n) is 17.3. The highest BCUT2D eigenvalue weighted by molar-refractivity contribution is 6.99. The number of aliphatic hydroxyl groups excluding tert-OH is 1. The summed E-state index contributed by atoms with van der Waals surface area (Å²) in [6.07, 6.45) is -2.73. The van der Waals surface area contributed by atoms with E-state index in [1.165, 1.54) is 0 Å². The van der Waals surface area contributed by atoms with Gasteiger partial charge in [-0.25, -0.2) is 4.39 Å². The SMILES string of the molecule is CC(C)(C)[Si](OC[C@H](O)[C@H](F)c1ccccc1)(c1ccccc1)c1ccccc1. The molecule has 0 amide bonds. The molecule has 4 heteroatoms. The van der Waals surface area contributed by atoms with Crippen LogP contribution in [0.15, 0.2) is 91.0 Å². The van der Waals surface area contributed by atoms with Crippen molar-refractivity contribution in [3.63, 3.8) is 0 Å². The van der Waals surface area contributed by atoms with Crippen LogP contribution in [0.25, 0.3) is 0 Å². The molecule has 0 aliphatic carbocycles. The van der Waals surface area contributed by atoms with Crippen LogP contribution < -0.4 is 10.4 Å². The van der Waals surface area contributed by atoms with E-state index in [1.807, 2.05) is 42.5 Å². The highest BCUT2D eigenvalue weighted by Crippen LogP contribution is 2.37. The second kappa shape index (κ2) is 9.03. The summed E-state index contributed by atoms with van der Waals surface area (Å²) < 4.78 is 21.5. The van der Waals surface area contributed by atoms with E-state index < -0.39 is 20.6 Å². The van der Waals surface area contributed by atoms with Gasteiger partial charge in [0.1, 0.15) is 6.10 Å². The average Bonchev–Trinajstić information content (AvgIpc) is 2.74. The van der Waals surface area contributed by atoms with Crippen LogP contribution in [-0.2, 0) is 4.43 Å². The van der Waals surface area contributed by atoms with Crippen LogP contribution in [-0.4, -0.2) is 26.1 Å². The van der Waals surface area contributed by atoms with Crippen molar-refractivity contribution in [3.8, 4) is 0 Å². The van der Waals surface area contributed by atoms with Crippen LogP contribution in [0.5, 0.6) is 0 Å². The Bertz CT molecular complexity index is 839. The summed E-state index contributed by atoms with van der Waals surface area (Å²) >= 11 is 0. The highest BCUT2D eigenvalue weighted by Gasteiger charge is 2.50. The fraction of sp³-hybridized carbons (Fsp3) is 0.280. The largest absolute Gasteiger partial charge is 0.405 e. The van der Waals surface area contributed by atoms with Crippen LogP contribution in [0.1, 0.15) is 32.5 Å². The molecule has 3 aromatic rings. The molecular formula is C25H29FO2Si.